The summed E-state index contributed by atoms with van der Waals surface area (Å²) in [6.45, 7) is 3.56. The molecule has 0 aromatic heterocycles. The smallest absolute Gasteiger partial charge is 0.220 e. The number of ether oxygens (including phenoxy) is 1. The number of rotatable bonds is 8. The van der Waals surface area contributed by atoms with Gasteiger partial charge in [0, 0.05) is 13.0 Å². The Morgan fingerprint density at radius 1 is 1.40 bits per heavy atom. The number of hydrogen-bond acceptors (Lipinski definition) is 4. The molecule has 0 spiro atoms. The topological polar surface area (TPSA) is 78.8 Å². The predicted octanol–water partition coefficient (Wildman–Crippen LogP) is 1.01. The van der Waals surface area contributed by atoms with Crippen LogP contribution >= 0.6 is 0 Å². The molecule has 0 fully saturated rings. The molecule has 3 N–H and O–H groups in total. The molecule has 1 amide bonds. The number of aliphatic hydroxyl groups is 2. The Morgan fingerprint density at radius 3 is 2.75 bits per heavy atom. The van der Waals surface area contributed by atoms with Crippen molar-refractivity contribution >= 4 is 5.91 Å². The average molecular weight is 281 g/mol. The lowest BCUT2D eigenvalue weighted by Gasteiger charge is -2.20. The van der Waals surface area contributed by atoms with E-state index in [9.17, 15) is 9.90 Å². The molecule has 112 valence electrons. The van der Waals surface area contributed by atoms with E-state index in [0.29, 0.717) is 19.4 Å². The highest BCUT2D eigenvalue weighted by atomic mass is 16.5. The Balaban J connectivity index is 2.18. The maximum Gasteiger partial charge on any atom is 0.220 e. The van der Waals surface area contributed by atoms with E-state index in [1.807, 2.05) is 31.2 Å². The second-order valence-corrected chi connectivity index (χ2v) is 5.15. The van der Waals surface area contributed by atoms with Crippen molar-refractivity contribution in [2.75, 3.05) is 19.8 Å². The van der Waals surface area contributed by atoms with Crippen molar-refractivity contribution in [1.82, 2.24) is 5.32 Å². The average Bonchev–Trinajstić information content (AvgIpc) is 2.43. The van der Waals surface area contributed by atoms with Gasteiger partial charge in [0.2, 0.25) is 5.91 Å². The van der Waals surface area contributed by atoms with Gasteiger partial charge in [0.25, 0.3) is 0 Å². The lowest BCUT2D eigenvalue weighted by Crippen LogP contribution is -2.43. The molecule has 20 heavy (non-hydrogen) atoms. The van der Waals surface area contributed by atoms with E-state index in [1.54, 1.807) is 0 Å². The van der Waals surface area contributed by atoms with Crippen LogP contribution in [0, 0.1) is 6.92 Å². The Hall–Kier alpha value is -1.59. The maximum absolute atomic E-state index is 11.5. The Labute approximate surface area is 119 Å². The first-order chi connectivity index (χ1) is 9.44. The van der Waals surface area contributed by atoms with E-state index >= 15 is 0 Å². The van der Waals surface area contributed by atoms with Crippen molar-refractivity contribution in [3.63, 3.8) is 0 Å². The molecule has 0 saturated carbocycles. The fraction of sp³-hybridized carbons (Fsp3) is 0.533. The monoisotopic (exact) mass is 281 g/mol. The van der Waals surface area contributed by atoms with Crippen molar-refractivity contribution in [1.29, 1.82) is 0 Å². The zero-order valence-corrected chi connectivity index (χ0v) is 12.1. The van der Waals surface area contributed by atoms with Crippen LogP contribution in [0.3, 0.4) is 0 Å². The highest BCUT2D eigenvalue weighted by Gasteiger charge is 2.19. The minimum absolute atomic E-state index is 0.0426. The number of carbonyl (C=O) groups excluding carboxylic acids is 1. The first-order valence-corrected chi connectivity index (χ1v) is 6.73. The van der Waals surface area contributed by atoms with E-state index in [2.05, 4.69) is 5.32 Å². The first kappa shape index (κ1) is 16.5. The molecule has 0 bridgehead atoms. The van der Waals surface area contributed by atoms with Crippen LogP contribution < -0.4 is 10.1 Å². The Morgan fingerprint density at radius 2 is 2.10 bits per heavy atom. The van der Waals surface area contributed by atoms with Gasteiger partial charge in [-0.3, -0.25) is 4.79 Å². The van der Waals surface area contributed by atoms with E-state index in [0.717, 1.165) is 11.3 Å². The highest BCUT2D eigenvalue weighted by Crippen LogP contribution is 2.16. The predicted molar refractivity (Wildman–Crippen MR) is 76.6 cm³/mol. The minimum atomic E-state index is -1.27. The molecule has 1 unspecified atom stereocenters. The Kier molecular flexibility index (Phi) is 6.48. The van der Waals surface area contributed by atoms with Crippen molar-refractivity contribution < 1.29 is 19.7 Å². The number of carbonyl (C=O) groups is 1. The lowest BCUT2D eigenvalue weighted by molar-refractivity contribution is -0.122. The first-order valence-electron chi connectivity index (χ1n) is 6.73. The van der Waals surface area contributed by atoms with Crippen LogP contribution in [0.25, 0.3) is 0 Å². The van der Waals surface area contributed by atoms with Gasteiger partial charge < -0.3 is 20.3 Å². The summed E-state index contributed by atoms with van der Waals surface area (Å²) < 4.78 is 5.58. The number of benzene rings is 1. The van der Waals surface area contributed by atoms with Crippen molar-refractivity contribution in [3.8, 4) is 5.75 Å². The maximum atomic E-state index is 11.5. The second-order valence-electron chi connectivity index (χ2n) is 5.15. The molecule has 1 aromatic rings. The van der Waals surface area contributed by atoms with Crippen molar-refractivity contribution in [3.05, 3.63) is 29.8 Å². The van der Waals surface area contributed by atoms with Gasteiger partial charge in [-0.1, -0.05) is 18.2 Å². The number of amides is 1. The van der Waals surface area contributed by atoms with Crippen LogP contribution in [-0.4, -0.2) is 41.5 Å². The number of hydrogen-bond donors (Lipinski definition) is 3. The fourth-order valence-electron chi connectivity index (χ4n) is 1.57. The molecular formula is C15H23NO4. The van der Waals surface area contributed by atoms with Crippen LogP contribution in [0.2, 0.25) is 0 Å². The quantitative estimate of drug-likeness (QED) is 0.621. The SMILES string of the molecule is Cc1ccccc1OCCCC(=O)NCC(C)(O)CO. The molecule has 1 atom stereocenters. The lowest BCUT2D eigenvalue weighted by atomic mass is 10.1. The van der Waals surface area contributed by atoms with Crippen molar-refractivity contribution in [2.45, 2.75) is 32.3 Å². The molecule has 0 aliphatic rings. The summed E-state index contributed by atoms with van der Waals surface area (Å²) in [6, 6.07) is 7.72. The molecule has 0 heterocycles. The molecule has 1 rings (SSSR count). The summed E-state index contributed by atoms with van der Waals surface area (Å²) in [5, 5.41) is 21.0. The van der Waals surface area contributed by atoms with E-state index < -0.39 is 5.60 Å². The molecular weight excluding hydrogens is 258 g/mol. The number of aliphatic hydroxyl groups excluding tert-OH is 1. The molecule has 0 saturated heterocycles. The number of aryl methyl sites for hydroxylation is 1. The Bertz CT molecular complexity index is 432. The number of nitrogens with one attached hydrogen (secondary N) is 1. The summed E-state index contributed by atoms with van der Waals surface area (Å²) in [5.41, 5.74) is -0.205. The van der Waals surface area contributed by atoms with Crippen LogP contribution in [0.15, 0.2) is 24.3 Å². The third-order valence-corrected chi connectivity index (χ3v) is 2.91. The zero-order chi connectivity index (χ0) is 15.0. The van der Waals surface area contributed by atoms with Gasteiger partial charge in [-0.15, -0.1) is 0 Å². The summed E-state index contributed by atoms with van der Waals surface area (Å²) in [5.74, 6) is 0.670. The van der Waals surface area contributed by atoms with Gasteiger partial charge in [-0.25, -0.2) is 0 Å². The number of para-hydroxylation sites is 1. The highest BCUT2D eigenvalue weighted by molar-refractivity contribution is 5.75. The van der Waals surface area contributed by atoms with Crippen LogP contribution in [0.4, 0.5) is 0 Å². The summed E-state index contributed by atoms with van der Waals surface area (Å²) in [6.07, 6.45) is 0.925. The van der Waals surface area contributed by atoms with Crippen LogP contribution in [0.1, 0.15) is 25.3 Å². The third-order valence-electron chi connectivity index (χ3n) is 2.91. The normalized spacial score (nSPS) is 13.6. The van der Waals surface area contributed by atoms with Gasteiger partial charge in [0.05, 0.1) is 13.2 Å². The molecule has 0 aliphatic carbocycles. The van der Waals surface area contributed by atoms with Gasteiger partial charge in [0.1, 0.15) is 11.4 Å². The molecule has 0 radical (unpaired) electrons. The fourth-order valence-corrected chi connectivity index (χ4v) is 1.57. The van der Waals surface area contributed by atoms with Crippen LogP contribution in [-0.2, 0) is 4.79 Å². The zero-order valence-electron chi connectivity index (χ0n) is 12.1. The minimum Gasteiger partial charge on any atom is -0.493 e. The molecule has 5 nitrogen and oxygen atoms in total. The van der Waals surface area contributed by atoms with Gasteiger partial charge in [-0.05, 0) is 31.9 Å². The summed E-state index contributed by atoms with van der Waals surface area (Å²) in [7, 11) is 0. The summed E-state index contributed by atoms with van der Waals surface area (Å²) >= 11 is 0. The molecule has 5 heteroatoms. The van der Waals surface area contributed by atoms with Gasteiger partial charge >= 0.3 is 0 Å². The largest absolute Gasteiger partial charge is 0.493 e. The molecule has 0 aliphatic heterocycles. The van der Waals surface area contributed by atoms with E-state index in [1.165, 1.54) is 6.92 Å². The standard InChI is InChI=1S/C15H23NO4/c1-12-6-3-4-7-13(12)20-9-5-8-14(18)16-10-15(2,19)11-17/h3-4,6-7,17,19H,5,8-11H2,1-2H3,(H,16,18). The van der Waals surface area contributed by atoms with Crippen LogP contribution in [0.5, 0.6) is 5.75 Å². The van der Waals surface area contributed by atoms with Crippen molar-refractivity contribution in [2.24, 2.45) is 0 Å². The van der Waals surface area contributed by atoms with E-state index in [4.69, 9.17) is 9.84 Å². The van der Waals surface area contributed by atoms with E-state index in [-0.39, 0.29) is 19.1 Å². The van der Waals surface area contributed by atoms with Gasteiger partial charge in [-0.2, -0.15) is 0 Å². The third kappa shape index (κ3) is 6.04. The second kappa shape index (κ2) is 7.87. The summed E-state index contributed by atoms with van der Waals surface area (Å²) in [4.78, 5) is 11.5. The van der Waals surface area contributed by atoms with Gasteiger partial charge in [0.15, 0.2) is 0 Å². The molecule has 1 aromatic carbocycles.